The van der Waals surface area contributed by atoms with Crippen LogP contribution in [-0.4, -0.2) is 46.2 Å². The molecule has 0 N–H and O–H groups in total. The lowest BCUT2D eigenvalue weighted by atomic mass is 10.3. The maximum atomic E-state index is 11.8. The van der Waals surface area contributed by atoms with Crippen molar-refractivity contribution in [2.24, 2.45) is 0 Å². The molecule has 1 aliphatic heterocycles. The maximum absolute atomic E-state index is 11.8. The summed E-state index contributed by atoms with van der Waals surface area (Å²) in [5.41, 5.74) is 0. The summed E-state index contributed by atoms with van der Waals surface area (Å²) in [4.78, 5) is 13.5. The number of carbonyl (C=O) groups excluding carboxylic acids is 1. The molecular weight excluding hydrogens is 238 g/mol. The van der Waals surface area contributed by atoms with Crippen LogP contribution in [0.2, 0.25) is 0 Å². The summed E-state index contributed by atoms with van der Waals surface area (Å²) in [6.45, 7) is 1.20. The zero-order valence-electron chi connectivity index (χ0n) is 9.50. The van der Waals surface area contributed by atoms with E-state index >= 15 is 0 Å². The van der Waals surface area contributed by atoms with Crippen molar-refractivity contribution in [3.63, 3.8) is 0 Å². The van der Waals surface area contributed by atoms with Gasteiger partial charge in [-0.25, -0.2) is 0 Å². The van der Waals surface area contributed by atoms with Gasteiger partial charge >= 0.3 is 0 Å². The fraction of sp³-hybridized carbons (Fsp3) is 0.417. The van der Waals surface area contributed by atoms with E-state index in [1.54, 1.807) is 4.90 Å². The van der Waals surface area contributed by atoms with Gasteiger partial charge in [-0.2, -0.15) is 0 Å². The Kier molecular flexibility index (Phi) is 4.14. The lowest BCUT2D eigenvalue weighted by molar-refractivity contribution is -0.133. The SMILES string of the molecule is O=C(COc1ccccc1)N1CCS(=O)CC1. The van der Waals surface area contributed by atoms with E-state index in [0.29, 0.717) is 30.3 Å². The first-order valence-corrected chi connectivity index (χ1v) is 7.05. The second-order valence-electron chi connectivity index (χ2n) is 3.83. The first-order valence-electron chi connectivity index (χ1n) is 5.56. The summed E-state index contributed by atoms with van der Waals surface area (Å²) in [5.74, 6) is 1.82. The molecule has 5 heteroatoms. The van der Waals surface area contributed by atoms with Gasteiger partial charge in [-0.15, -0.1) is 0 Å². The van der Waals surface area contributed by atoms with Crippen molar-refractivity contribution in [3.05, 3.63) is 30.3 Å². The number of ether oxygens (including phenoxy) is 1. The highest BCUT2D eigenvalue weighted by Gasteiger charge is 2.20. The van der Waals surface area contributed by atoms with Crippen molar-refractivity contribution in [2.45, 2.75) is 0 Å². The van der Waals surface area contributed by atoms with Crippen molar-refractivity contribution in [1.82, 2.24) is 4.90 Å². The Morgan fingerprint density at radius 3 is 2.53 bits per heavy atom. The van der Waals surface area contributed by atoms with Crippen LogP contribution in [0.1, 0.15) is 0 Å². The first kappa shape index (κ1) is 12.1. The van der Waals surface area contributed by atoms with Gasteiger partial charge in [-0.05, 0) is 12.1 Å². The fourth-order valence-electron chi connectivity index (χ4n) is 1.64. The third-order valence-corrected chi connectivity index (χ3v) is 3.91. The number of amides is 1. The Hall–Kier alpha value is -1.36. The summed E-state index contributed by atoms with van der Waals surface area (Å²) in [5, 5.41) is 0. The van der Waals surface area contributed by atoms with Crippen LogP contribution in [0.3, 0.4) is 0 Å². The Morgan fingerprint density at radius 1 is 1.24 bits per heavy atom. The Balaban J connectivity index is 1.80. The number of rotatable bonds is 3. The highest BCUT2D eigenvalue weighted by molar-refractivity contribution is 7.85. The molecule has 0 atom stereocenters. The van der Waals surface area contributed by atoms with Gasteiger partial charge < -0.3 is 9.64 Å². The van der Waals surface area contributed by atoms with E-state index in [4.69, 9.17) is 4.74 Å². The van der Waals surface area contributed by atoms with E-state index in [9.17, 15) is 9.00 Å². The molecule has 0 radical (unpaired) electrons. The molecule has 92 valence electrons. The predicted octanol–water partition coefficient (Wildman–Crippen LogP) is 0.656. The van der Waals surface area contributed by atoms with E-state index in [1.165, 1.54) is 0 Å². The summed E-state index contributed by atoms with van der Waals surface area (Å²) in [6, 6.07) is 9.26. The zero-order valence-corrected chi connectivity index (χ0v) is 10.3. The van der Waals surface area contributed by atoms with Gasteiger partial charge in [0.2, 0.25) is 0 Å². The number of hydrogen-bond acceptors (Lipinski definition) is 3. The van der Waals surface area contributed by atoms with Crippen molar-refractivity contribution in [2.75, 3.05) is 31.2 Å². The topological polar surface area (TPSA) is 46.6 Å². The van der Waals surface area contributed by atoms with Crippen molar-refractivity contribution >= 4 is 16.7 Å². The van der Waals surface area contributed by atoms with Crippen LogP contribution in [0, 0.1) is 0 Å². The molecule has 0 aliphatic carbocycles. The number of nitrogens with zero attached hydrogens (tertiary/aromatic N) is 1. The molecule has 1 saturated heterocycles. The number of carbonyl (C=O) groups is 1. The van der Waals surface area contributed by atoms with Crippen LogP contribution < -0.4 is 4.74 Å². The van der Waals surface area contributed by atoms with E-state index < -0.39 is 10.8 Å². The van der Waals surface area contributed by atoms with E-state index in [1.807, 2.05) is 30.3 Å². The molecule has 0 unspecified atom stereocenters. The van der Waals surface area contributed by atoms with Crippen LogP contribution in [0.25, 0.3) is 0 Å². The third kappa shape index (κ3) is 3.56. The molecule has 0 spiro atoms. The van der Waals surface area contributed by atoms with Gasteiger partial charge in [0.15, 0.2) is 6.61 Å². The average molecular weight is 253 g/mol. The highest BCUT2D eigenvalue weighted by Crippen LogP contribution is 2.09. The lowest BCUT2D eigenvalue weighted by Gasteiger charge is -2.26. The zero-order chi connectivity index (χ0) is 12.1. The van der Waals surface area contributed by atoms with Crippen LogP contribution in [-0.2, 0) is 15.6 Å². The second kappa shape index (κ2) is 5.82. The molecule has 1 aliphatic rings. The van der Waals surface area contributed by atoms with Crippen LogP contribution >= 0.6 is 0 Å². The van der Waals surface area contributed by atoms with Gasteiger partial charge in [0, 0.05) is 35.4 Å². The molecule has 0 aromatic heterocycles. The summed E-state index contributed by atoms with van der Waals surface area (Å²) in [6.07, 6.45) is 0. The molecule has 1 amide bonds. The molecule has 0 bridgehead atoms. The molecule has 1 heterocycles. The third-order valence-electron chi connectivity index (χ3n) is 2.64. The fourth-order valence-corrected chi connectivity index (χ4v) is 2.69. The lowest BCUT2D eigenvalue weighted by Crippen LogP contribution is -2.43. The Labute approximate surface area is 103 Å². The molecule has 1 aromatic carbocycles. The molecule has 4 nitrogen and oxygen atoms in total. The monoisotopic (exact) mass is 253 g/mol. The minimum atomic E-state index is -0.752. The minimum Gasteiger partial charge on any atom is -0.484 e. The van der Waals surface area contributed by atoms with Crippen molar-refractivity contribution in [1.29, 1.82) is 0 Å². The van der Waals surface area contributed by atoms with E-state index in [-0.39, 0.29) is 12.5 Å². The largest absolute Gasteiger partial charge is 0.484 e. The normalized spacial score (nSPS) is 16.8. The maximum Gasteiger partial charge on any atom is 0.260 e. The average Bonchev–Trinajstić information content (AvgIpc) is 2.38. The Bertz CT molecular complexity index is 397. The summed E-state index contributed by atoms with van der Waals surface area (Å²) < 4.78 is 16.5. The molecular formula is C12H15NO3S. The smallest absolute Gasteiger partial charge is 0.260 e. The molecule has 2 rings (SSSR count). The van der Waals surface area contributed by atoms with Gasteiger partial charge in [-0.3, -0.25) is 9.00 Å². The number of para-hydroxylation sites is 1. The molecule has 17 heavy (non-hydrogen) atoms. The van der Waals surface area contributed by atoms with Crippen LogP contribution in [0.4, 0.5) is 0 Å². The quantitative estimate of drug-likeness (QED) is 0.795. The first-order chi connectivity index (χ1) is 8.25. The number of hydrogen-bond donors (Lipinski definition) is 0. The predicted molar refractivity (Wildman–Crippen MR) is 66.4 cm³/mol. The summed E-state index contributed by atoms with van der Waals surface area (Å²) in [7, 11) is -0.752. The van der Waals surface area contributed by atoms with E-state index in [0.717, 1.165) is 0 Å². The van der Waals surface area contributed by atoms with Gasteiger partial charge in [0.25, 0.3) is 5.91 Å². The van der Waals surface area contributed by atoms with E-state index in [2.05, 4.69) is 0 Å². The molecule has 0 saturated carbocycles. The van der Waals surface area contributed by atoms with Gasteiger partial charge in [0.1, 0.15) is 5.75 Å². The Morgan fingerprint density at radius 2 is 1.88 bits per heavy atom. The van der Waals surface area contributed by atoms with Crippen LogP contribution in [0.5, 0.6) is 5.75 Å². The molecule has 1 fully saturated rings. The van der Waals surface area contributed by atoms with Crippen molar-refractivity contribution in [3.8, 4) is 5.75 Å². The van der Waals surface area contributed by atoms with Gasteiger partial charge in [-0.1, -0.05) is 18.2 Å². The molecule has 1 aromatic rings. The van der Waals surface area contributed by atoms with Gasteiger partial charge in [0.05, 0.1) is 0 Å². The van der Waals surface area contributed by atoms with Crippen LogP contribution in [0.15, 0.2) is 30.3 Å². The highest BCUT2D eigenvalue weighted by atomic mass is 32.2. The standard InChI is InChI=1S/C12H15NO3S/c14-12(13-6-8-17(15)9-7-13)10-16-11-4-2-1-3-5-11/h1-5H,6-10H2. The number of benzene rings is 1. The second-order valence-corrected chi connectivity index (χ2v) is 5.53. The van der Waals surface area contributed by atoms with Crippen molar-refractivity contribution < 1.29 is 13.7 Å². The minimum absolute atomic E-state index is 0.0365. The summed E-state index contributed by atoms with van der Waals surface area (Å²) >= 11 is 0.